The largest absolute Gasteiger partial charge is 0.481 e. The zero-order valence-corrected chi connectivity index (χ0v) is 17.0. The first-order valence-corrected chi connectivity index (χ1v) is 10.6. The van der Waals surface area contributed by atoms with Crippen LogP contribution in [0.3, 0.4) is 0 Å². The first-order chi connectivity index (χ1) is 14.1. The fourth-order valence-electron chi connectivity index (χ4n) is 4.80. The number of hydrogen-bond donors (Lipinski definition) is 2. The van der Waals surface area contributed by atoms with Crippen molar-refractivity contribution >= 4 is 16.7 Å². The van der Waals surface area contributed by atoms with E-state index in [1.165, 1.54) is 41.2 Å². The average Bonchev–Trinajstić information content (AvgIpc) is 2.73. The van der Waals surface area contributed by atoms with Crippen molar-refractivity contribution in [3.05, 3.63) is 83.4 Å². The van der Waals surface area contributed by atoms with E-state index in [9.17, 15) is 4.79 Å². The van der Waals surface area contributed by atoms with Crippen LogP contribution >= 0.6 is 0 Å². The lowest BCUT2D eigenvalue weighted by atomic mass is 9.80. The zero-order chi connectivity index (χ0) is 20.2. The lowest BCUT2D eigenvalue weighted by Crippen LogP contribution is -2.35. The highest BCUT2D eigenvalue weighted by Gasteiger charge is 2.25. The molecule has 0 saturated heterocycles. The number of rotatable bonds is 6. The Kier molecular flexibility index (Phi) is 5.96. The lowest BCUT2D eigenvalue weighted by Gasteiger charge is -2.32. The van der Waals surface area contributed by atoms with Crippen LogP contribution in [0.1, 0.15) is 61.3 Å². The molecular weight excluding hydrogens is 358 g/mol. The quantitative estimate of drug-likeness (QED) is 0.558. The monoisotopic (exact) mass is 387 g/mol. The second-order valence-electron chi connectivity index (χ2n) is 8.33. The van der Waals surface area contributed by atoms with Gasteiger partial charge in [0.15, 0.2) is 0 Å². The fraction of sp³-hybridized carbons (Fsp3) is 0.346. The third kappa shape index (κ3) is 4.68. The van der Waals surface area contributed by atoms with Crippen LogP contribution in [0.5, 0.6) is 0 Å². The van der Waals surface area contributed by atoms with Gasteiger partial charge in [-0.15, -0.1) is 0 Å². The minimum atomic E-state index is -0.776. The summed E-state index contributed by atoms with van der Waals surface area (Å²) < 4.78 is 0. The number of carboxylic acid groups (broad SMARTS) is 1. The summed E-state index contributed by atoms with van der Waals surface area (Å²) in [5.74, 6) is -0.234. The van der Waals surface area contributed by atoms with Crippen LogP contribution in [0.4, 0.5) is 0 Å². The Morgan fingerprint density at radius 1 is 1.03 bits per heavy atom. The van der Waals surface area contributed by atoms with Gasteiger partial charge in [0.05, 0.1) is 6.42 Å². The smallest absolute Gasteiger partial charge is 0.307 e. The molecule has 0 amide bonds. The predicted octanol–water partition coefficient (Wildman–Crippen LogP) is 5.84. The van der Waals surface area contributed by atoms with E-state index in [4.69, 9.17) is 5.11 Å². The van der Waals surface area contributed by atoms with E-state index < -0.39 is 5.97 Å². The van der Waals surface area contributed by atoms with Crippen LogP contribution in [0.15, 0.2) is 66.7 Å². The van der Waals surface area contributed by atoms with Gasteiger partial charge in [-0.3, -0.25) is 4.79 Å². The molecule has 3 heteroatoms. The summed E-state index contributed by atoms with van der Waals surface area (Å²) in [6.07, 6.45) is 4.87. The number of nitrogens with one attached hydrogen (secondary N) is 1. The summed E-state index contributed by atoms with van der Waals surface area (Å²) in [7, 11) is 0. The highest BCUT2D eigenvalue weighted by molar-refractivity contribution is 5.86. The molecule has 3 aromatic rings. The van der Waals surface area contributed by atoms with Gasteiger partial charge in [-0.2, -0.15) is 0 Å². The summed E-state index contributed by atoms with van der Waals surface area (Å²) >= 11 is 0. The first kappa shape index (κ1) is 19.7. The molecule has 2 N–H and O–H groups in total. The van der Waals surface area contributed by atoms with Crippen molar-refractivity contribution in [3.8, 4) is 0 Å². The minimum absolute atomic E-state index is 0.0949. The Morgan fingerprint density at radius 2 is 1.79 bits per heavy atom. The molecule has 4 rings (SSSR count). The summed E-state index contributed by atoms with van der Waals surface area (Å²) in [4.78, 5) is 10.9. The summed E-state index contributed by atoms with van der Waals surface area (Å²) in [6, 6.07) is 24.2. The number of fused-ring (bicyclic) bond motifs is 1. The molecule has 0 aliphatic heterocycles. The van der Waals surface area contributed by atoms with Gasteiger partial charge in [-0.1, -0.05) is 73.2 Å². The molecule has 3 nitrogen and oxygen atoms in total. The van der Waals surface area contributed by atoms with Crippen LogP contribution in [0, 0.1) is 0 Å². The zero-order valence-electron chi connectivity index (χ0n) is 17.0. The topological polar surface area (TPSA) is 49.3 Å². The van der Waals surface area contributed by atoms with Crippen molar-refractivity contribution in [1.82, 2.24) is 5.32 Å². The maximum atomic E-state index is 10.9. The van der Waals surface area contributed by atoms with Crippen molar-refractivity contribution in [2.45, 2.75) is 57.0 Å². The molecule has 1 fully saturated rings. The molecule has 3 atom stereocenters. The Labute approximate surface area is 172 Å². The molecule has 150 valence electrons. The van der Waals surface area contributed by atoms with Gasteiger partial charge in [0.25, 0.3) is 0 Å². The second-order valence-corrected chi connectivity index (χ2v) is 8.33. The minimum Gasteiger partial charge on any atom is -0.481 e. The normalized spacial score (nSPS) is 20.4. The molecule has 1 aliphatic rings. The van der Waals surface area contributed by atoms with Gasteiger partial charge in [0.2, 0.25) is 0 Å². The van der Waals surface area contributed by atoms with Crippen molar-refractivity contribution in [2.75, 3.05) is 0 Å². The van der Waals surface area contributed by atoms with Crippen LogP contribution in [0.2, 0.25) is 0 Å². The first-order valence-electron chi connectivity index (χ1n) is 10.6. The van der Waals surface area contributed by atoms with E-state index in [2.05, 4.69) is 66.8 Å². The Bertz CT molecular complexity index is 974. The summed E-state index contributed by atoms with van der Waals surface area (Å²) in [5.41, 5.74) is 3.57. The molecule has 0 bridgehead atoms. The van der Waals surface area contributed by atoms with Gasteiger partial charge in [-0.25, -0.2) is 0 Å². The molecule has 2 unspecified atom stereocenters. The number of carboxylic acids is 1. The summed E-state index contributed by atoms with van der Waals surface area (Å²) in [6.45, 7) is 2.27. The molecular formula is C26H29NO2. The van der Waals surface area contributed by atoms with Gasteiger partial charge in [0.1, 0.15) is 0 Å². The van der Waals surface area contributed by atoms with Gasteiger partial charge in [0, 0.05) is 12.1 Å². The van der Waals surface area contributed by atoms with E-state index in [1.807, 2.05) is 12.1 Å². The Balaban J connectivity index is 1.44. The van der Waals surface area contributed by atoms with Crippen LogP contribution in [-0.4, -0.2) is 17.1 Å². The van der Waals surface area contributed by atoms with Crippen LogP contribution < -0.4 is 5.32 Å². The van der Waals surface area contributed by atoms with Crippen molar-refractivity contribution in [1.29, 1.82) is 0 Å². The SMILES string of the molecule is C[C@@H](NC1CCCC(c2ccc(CC(=O)O)cc2)C1)c1cccc2ccccc12. The molecule has 1 aliphatic carbocycles. The van der Waals surface area contributed by atoms with Crippen molar-refractivity contribution < 1.29 is 9.90 Å². The van der Waals surface area contributed by atoms with E-state index >= 15 is 0 Å². The third-order valence-corrected chi connectivity index (χ3v) is 6.26. The van der Waals surface area contributed by atoms with Crippen molar-refractivity contribution in [3.63, 3.8) is 0 Å². The number of hydrogen-bond acceptors (Lipinski definition) is 2. The lowest BCUT2D eigenvalue weighted by molar-refractivity contribution is -0.136. The molecule has 0 heterocycles. The molecule has 0 aromatic heterocycles. The standard InChI is InChI=1S/C26H29NO2/c1-18(24-11-5-7-21-6-2-3-10-25(21)24)27-23-9-4-8-22(17-23)20-14-12-19(13-15-20)16-26(28)29/h2-3,5-7,10-15,18,22-23,27H,4,8-9,16-17H2,1H3,(H,28,29)/t18-,22?,23?/m1/s1. The van der Waals surface area contributed by atoms with Crippen LogP contribution in [0.25, 0.3) is 10.8 Å². The van der Waals surface area contributed by atoms with Gasteiger partial charge in [-0.05, 0) is 59.6 Å². The maximum Gasteiger partial charge on any atom is 0.307 e. The highest BCUT2D eigenvalue weighted by Crippen LogP contribution is 2.34. The summed E-state index contributed by atoms with van der Waals surface area (Å²) in [5, 5.41) is 15.5. The number of carbonyl (C=O) groups is 1. The third-order valence-electron chi connectivity index (χ3n) is 6.26. The van der Waals surface area contributed by atoms with E-state index in [1.54, 1.807) is 0 Å². The highest BCUT2D eigenvalue weighted by atomic mass is 16.4. The predicted molar refractivity (Wildman–Crippen MR) is 118 cm³/mol. The molecule has 0 spiro atoms. The number of benzene rings is 3. The molecule has 0 radical (unpaired) electrons. The maximum absolute atomic E-state index is 10.9. The molecule has 3 aromatic carbocycles. The molecule has 1 saturated carbocycles. The Morgan fingerprint density at radius 3 is 2.59 bits per heavy atom. The Hall–Kier alpha value is -2.65. The number of aliphatic carboxylic acids is 1. The van der Waals surface area contributed by atoms with Crippen LogP contribution in [-0.2, 0) is 11.2 Å². The van der Waals surface area contributed by atoms with E-state index in [0.29, 0.717) is 18.0 Å². The van der Waals surface area contributed by atoms with Gasteiger partial charge >= 0.3 is 5.97 Å². The van der Waals surface area contributed by atoms with E-state index in [-0.39, 0.29) is 6.42 Å². The molecule has 29 heavy (non-hydrogen) atoms. The van der Waals surface area contributed by atoms with Crippen molar-refractivity contribution in [2.24, 2.45) is 0 Å². The average molecular weight is 388 g/mol. The van der Waals surface area contributed by atoms with E-state index in [0.717, 1.165) is 12.0 Å². The van der Waals surface area contributed by atoms with Gasteiger partial charge < -0.3 is 10.4 Å². The fourth-order valence-corrected chi connectivity index (χ4v) is 4.80. The second kappa shape index (κ2) is 8.79.